The van der Waals surface area contributed by atoms with E-state index in [9.17, 15) is 9.59 Å². The Morgan fingerprint density at radius 2 is 2.08 bits per heavy atom. The first-order chi connectivity index (χ1) is 6.11. The normalized spacial score (nSPS) is 12.2. The smallest absolute Gasteiger partial charge is 0.326 e. The lowest BCUT2D eigenvalue weighted by atomic mass is 10.2. The van der Waals surface area contributed by atoms with Crippen LogP contribution >= 0.6 is 0 Å². The molecule has 0 saturated heterocycles. The molecule has 0 rings (SSSR count). The van der Waals surface area contributed by atoms with Crippen molar-refractivity contribution in [3.63, 3.8) is 0 Å². The third kappa shape index (κ3) is 5.19. The molecule has 0 fully saturated rings. The van der Waals surface area contributed by atoms with Crippen molar-refractivity contribution in [3.05, 3.63) is 0 Å². The van der Waals surface area contributed by atoms with E-state index in [0.717, 1.165) is 0 Å². The number of aliphatic carboxylic acids is 1. The molecule has 0 bridgehead atoms. The summed E-state index contributed by atoms with van der Waals surface area (Å²) in [5.41, 5.74) is 0. The van der Waals surface area contributed by atoms with E-state index in [1.165, 1.54) is 0 Å². The van der Waals surface area contributed by atoms with E-state index >= 15 is 0 Å². The maximum atomic E-state index is 11.1. The second-order valence-electron chi connectivity index (χ2n) is 2.72. The van der Waals surface area contributed by atoms with Gasteiger partial charge in [0.25, 0.3) is 0 Å². The van der Waals surface area contributed by atoms with Crippen molar-refractivity contribution in [2.24, 2.45) is 0 Å². The molecule has 1 amide bonds. The number of amides is 1. The van der Waals surface area contributed by atoms with Crippen LogP contribution in [0.15, 0.2) is 0 Å². The molecule has 0 saturated carbocycles. The molecule has 3 N–H and O–H groups in total. The van der Waals surface area contributed by atoms with Crippen LogP contribution < -0.4 is 10.6 Å². The van der Waals surface area contributed by atoms with Gasteiger partial charge in [-0.15, -0.1) is 0 Å². The summed E-state index contributed by atoms with van der Waals surface area (Å²) in [5.74, 6) is -1.22. The van der Waals surface area contributed by atoms with Gasteiger partial charge in [-0.2, -0.15) is 0 Å². The largest absolute Gasteiger partial charge is 0.480 e. The summed E-state index contributed by atoms with van der Waals surface area (Å²) in [5, 5.41) is 13.9. The minimum Gasteiger partial charge on any atom is -0.480 e. The molecule has 0 unspecified atom stereocenters. The summed E-state index contributed by atoms with van der Waals surface area (Å²) >= 11 is 0. The summed E-state index contributed by atoms with van der Waals surface area (Å²) < 4.78 is 0. The lowest BCUT2D eigenvalue weighted by Crippen LogP contribution is -2.40. The molecule has 5 nitrogen and oxygen atoms in total. The number of carbonyl (C=O) groups excluding carboxylic acids is 1. The number of carboxylic acids is 1. The molecule has 0 aliphatic rings. The molecule has 1 atom stereocenters. The first-order valence-corrected chi connectivity index (χ1v) is 4.28. The van der Waals surface area contributed by atoms with E-state index in [-0.39, 0.29) is 5.91 Å². The van der Waals surface area contributed by atoms with Crippen LogP contribution in [0.3, 0.4) is 0 Å². The van der Waals surface area contributed by atoms with Gasteiger partial charge in [0.15, 0.2) is 0 Å². The lowest BCUT2D eigenvalue weighted by molar-refractivity contribution is -0.141. The zero-order valence-corrected chi connectivity index (χ0v) is 7.96. The minimum absolute atomic E-state index is 0.233. The van der Waals surface area contributed by atoms with Crippen LogP contribution in [-0.2, 0) is 9.59 Å². The van der Waals surface area contributed by atoms with Crippen LogP contribution in [0.25, 0.3) is 0 Å². The molecular formula is C8H16N2O3. The molecular weight excluding hydrogens is 172 g/mol. The predicted octanol–water partition coefficient (Wildman–Crippen LogP) is -0.425. The second-order valence-corrected chi connectivity index (χ2v) is 2.72. The first-order valence-electron chi connectivity index (χ1n) is 4.28. The third-order valence-corrected chi connectivity index (χ3v) is 1.64. The average Bonchev–Trinajstić information content (AvgIpc) is 2.10. The van der Waals surface area contributed by atoms with Gasteiger partial charge in [0, 0.05) is 13.0 Å². The number of rotatable bonds is 6. The number of carbonyl (C=O) groups is 2. The Labute approximate surface area is 77.5 Å². The Hall–Kier alpha value is -1.10. The molecule has 5 heteroatoms. The van der Waals surface area contributed by atoms with E-state index in [1.807, 2.05) is 0 Å². The molecule has 13 heavy (non-hydrogen) atoms. The van der Waals surface area contributed by atoms with E-state index in [0.29, 0.717) is 19.4 Å². The van der Waals surface area contributed by atoms with Crippen LogP contribution in [0.2, 0.25) is 0 Å². The third-order valence-electron chi connectivity index (χ3n) is 1.64. The fourth-order valence-corrected chi connectivity index (χ4v) is 0.843. The second kappa shape index (κ2) is 6.42. The van der Waals surface area contributed by atoms with Crippen molar-refractivity contribution in [2.45, 2.75) is 25.8 Å². The van der Waals surface area contributed by atoms with Gasteiger partial charge >= 0.3 is 5.97 Å². The summed E-state index contributed by atoms with van der Waals surface area (Å²) in [6.07, 6.45) is 0.709. The van der Waals surface area contributed by atoms with Gasteiger partial charge < -0.3 is 15.7 Å². The Morgan fingerprint density at radius 3 is 2.46 bits per heavy atom. The topological polar surface area (TPSA) is 78.4 Å². The van der Waals surface area contributed by atoms with Gasteiger partial charge in [-0.25, -0.2) is 4.79 Å². The van der Waals surface area contributed by atoms with Crippen molar-refractivity contribution in [3.8, 4) is 0 Å². The Morgan fingerprint density at radius 1 is 1.46 bits per heavy atom. The summed E-state index contributed by atoms with van der Waals surface area (Å²) in [7, 11) is 1.74. The lowest BCUT2D eigenvalue weighted by Gasteiger charge is -2.11. The van der Waals surface area contributed by atoms with Crippen molar-refractivity contribution in [1.29, 1.82) is 0 Å². The fraction of sp³-hybridized carbons (Fsp3) is 0.750. The number of hydrogen-bond acceptors (Lipinski definition) is 3. The molecule has 0 heterocycles. The highest BCUT2D eigenvalue weighted by Gasteiger charge is 2.16. The van der Waals surface area contributed by atoms with Gasteiger partial charge in [-0.1, -0.05) is 6.92 Å². The Balaban J connectivity index is 3.80. The minimum atomic E-state index is -0.986. The van der Waals surface area contributed by atoms with Crippen LogP contribution in [0.4, 0.5) is 0 Å². The SMILES string of the molecule is CC[C@@H](NC(=O)CCNC)C(=O)O. The van der Waals surface area contributed by atoms with Gasteiger partial charge in [-0.05, 0) is 13.5 Å². The van der Waals surface area contributed by atoms with Crippen LogP contribution in [0.1, 0.15) is 19.8 Å². The maximum absolute atomic E-state index is 11.1. The average molecular weight is 188 g/mol. The highest BCUT2D eigenvalue weighted by atomic mass is 16.4. The first kappa shape index (κ1) is 11.9. The van der Waals surface area contributed by atoms with Gasteiger partial charge in [0.2, 0.25) is 5.91 Å². The summed E-state index contributed by atoms with van der Waals surface area (Å²) in [6.45, 7) is 2.28. The summed E-state index contributed by atoms with van der Waals surface area (Å²) in [6, 6.07) is -0.760. The van der Waals surface area contributed by atoms with Gasteiger partial charge in [0.1, 0.15) is 6.04 Å². The molecule has 0 aromatic rings. The zero-order valence-electron chi connectivity index (χ0n) is 7.96. The molecule has 0 aliphatic carbocycles. The van der Waals surface area contributed by atoms with E-state index in [4.69, 9.17) is 5.11 Å². The predicted molar refractivity (Wildman–Crippen MR) is 48.4 cm³/mol. The van der Waals surface area contributed by atoms with Crippen molar-refractivity contribution in [2.75, 3.05) is 13.6 Å². The van der Waals surface area contributed by atoms with E-state index in [1.54, 1.807) is 14.0 Å². The van der Waals surface area contributed by atoms with Gasteiger partial charge in [0.05, 0.1) is 0 Å². The molecule has 0 spiro atoms. The molecule has 0 aliphatic heterocycles. The van der Waals surface area contributed by atoms with Crippen molar-refractivity contribution < 1.29 is 14.7 Å². The molecule has 0 radical (unpaired) electrons. The molecule has 0 aromatic heterocycles. The van der Waals surface area contributed by atoms with Crippen LogP contribution in [0, 0.1) is 0 Å². The number of nitrogens with one attached hydrogen (secondary N) is 2. The van der Waals surface area contributed by atoms with E-state index in [2.05, 4.69) is 10.6 Å². The highest BCUT2D eigenvalue weighted by molar-refractivity contribution is 5.83. The van der Waals surface area contributed by atoms with Crippen molar-refractivity contribution in [1.82, 2.24) is 10.6 Å². The quantitative estimate of drug-likeness (QED) is 0.529. The van der Waals surface area contributed by atoms with E-state index < -0.39 is 12.0 Å². The summed E-state index contributed by atoms with van der Waals surface area (Å²) in [4.78, 5) is 21.6. The van der Waals surface area contributed by atoms with Gasteiger partial charge in [-0.3, -0.25) is 4.79 Å². The monoisotopic (exact) mass is 188 g/mol. The zero-order chi connectivity index (χ0) is 10.3. The molecule has 0 aromatic carbocycles. The molecule has 76 valence electrons. The fourth-order valence-electron chi connectivity index (χ4n) is 0.843. The Kier molecular flexibility index (Phi) is 5.88. The Bertz CT molecular complexity index is 182. The van der Waals surface area contributed by atoms with Crippen molar-refractivity contribution >= 4 is 11.9 Å². The van der Waals surface area contributed by atoms with Crippen LogP contribution in [-0.4, -0.2) is 36.6 Å². The number of hydrogen-bond donors (Lipinski definition) is 3. The maximum Gasteiger partial charge on any atom is 0.326 e. The van der Waals surface area contributed by atoms with Crippen LogP contribution in [0.5, 0.6) is 0 Å². The highest BCUT2D eigenvalue weighted by Crippen LogP contribution is 1.91. The standard InChI is InChI=1S/C8H16N2O3/c1-3-6(8(12)13)10-7(11)4-5-9-2/h6,9H,3-5H2,1-2H3,(H,10,11)(H,12,13)/t6-/m1/s1. The number of carboxylic acid groups (broad SMARTS) is 1.